The van der Waals surface area contributed by atoms with Crippen LogP contribution in [0, 0.1) is 6.07 Å². The number of rotatable bonds is 3. The Morgan fingerprint density at radius 3 is 3.00 bits per heavy atom. The van der Waals surface area contributed by atoms with Gasteiger partial charge in [0, 0.05) is 0 Å². The number of aliphatic hydroxyl groups is 1. The number of aliphatic hydroxyl groups excluding tert-OH is 1. The summed E-state index contributed by atoms with van der Waals surface area (Å²) in [4.78, 5) is 0. The zero-order valence-corrected chi connectivity index (χ0v) is 7.73. The minimum atomic E-state index is 0.0406. The third-order valence-electron chi connectivity index (χ3n) is 2.02. The largest absolute Gasteiger partial charge is 0.491 e. The van der Waals surface area contributed by atoms with Crippen LogP contribution in [0.15, 0.2) is 36.4 Å². The van der Waals surface area contributed by atoms with Crippen molar-refractivity contribution in [1.82, 2.24) is 0 Å². The summed E-state index contributed by atoms with van der Waals surface area (Å²) in [5.74, 6) is 0.783. The van der Waals surface area contributed by atoms with Crippen LogP contribution in [0.3, 0.4) is 0 Å². The Balaban J connectivity index is 2.32. The molecule has 2 aromatic carbocycles. The van der Waals surface area contributed by atoms with Crippen LogP contribution < -0.4 is 4.74 Å². The lowest BCUT2D eigenvalue weighted by Gasteiger charge is -2.04. The van der Waals surface area contributed by atoms with Crippen molar-refractivity contribution in [2.45, 2.75) is 0 Å². The first kappa shape index (κ1) is 9.03. The van der Waals surface area contributed by atoms with Gasteiger partial charge in [-0.1, -0.05) is 18.2 Å². The van der Waals surface area contributed by atoms with Crippen LogP contribution in [0.5, 0.6) is 5.75 Å². The van der Waals surface area contributed by atoms with Crippen molar-refractivity contribution in [2.24, 2.45) is 0 Å². The molecule has 0 spiro atoms. The standard InChI is InChI=1S/C12H11O2/c13-7-8-14-12-6-5-10-3-1-2-4-11(10)9-12/h1,3-6,9,13H,7-8H2. The highest BCUT2D eigenvalue weighted by atomic mass is 16.5. The smallest absolute Gasteiger partial charge is 0.120 e. The van der Waals surface area contributed by atoms with Gasteiger partial charge in [0.1, 0.15) is 12.4 Å². The molecule has 14 heavy (non-hydrogen) atoms. The molecule has 2 rings (SSSR count). The van der Waals surface area contributed by atoms with Crippen LogP contribution in [0.25, 0.3) is 10.8 Å². The van der Waals surface area contributed by atoms with Crippen LogP contribution in [0.1, 0.15) is 0 Å². The molecule has 0 bridgehead atoms. The van der Waals surface area contributed by atoms with E-state index < -0.39 is 0 Å². The highest BCUT2D eigenvalue weighted by Crippen LogP contribution is 2.19. The maximum absolute atomic E-state index is 8.61. The Kier molecular flexibility index (Phi) is 2.65. The summed E-state index contributed by atoms with van der Waals surface area (Å²) in [6, 6.07) is 14.7. The van der Waals surface area contributed by atoms with Gasteiger partial charge >= 0.3 is 0 Å². The van der Waals surface area contributed by atoms with E-state index in [9.17, 15) is 0 Å². The molecule has 0 aromatic heterocycles. The second-order valence-corrected chi connectivity index (χ2v) is 3.01. The topological polar surface area (TPSA) is 29.5 Å². The molecule has 0 aliphatic carbocycles. The van der Waals surface area contributed by atoms with E-state index in [1.165, 1.54) is 5.39 Å². The van der Waals surface area contributed by atoms with Crippen LogP contribution in [0.2, 0.25) is 0 Å². The predicted molar refractivity (Wildman–Crippen MR) is 55.4 cm³/mol. The maximum Gasteiger partial charge on any atom is 0.120 e. The van der Waals surface area contributed by atoms with Gasteiger partial charge in [0.05, 0.1) is 6.61 Å². The first-order valence-electron chi connectivity index (χ1n) is 4.54. The molecule has 1 N–H and O–H groups in total. The van der Waals surface area contributed by atoms with E-state index in [1.807, 2.05) is 36.4 Å². The first-order valence-corrected chi connectivity index (χ1v) is 4.54. The lowest BCUT2D eigenvalue weighted by atomic mass is 10.1. The average molecular weight is 187 g/mol. The molecule has 2 aromatic rings. The van der Waals surface area contributed by atoms with E-state index in [0.717, 1.165) is 11.1 Å². The van der Waals surface area contributed by atoms with E-state index in [4.69, 9.17) is 9.84 Å². The molecule has 0 aliphatic heterocycles. The zero-order chi connectivity index (χ0) is 9.80. The molecule has 0 fully saturated rings. The maximum atomic E-state index is 8.61. The molecule has 0 amide bonds. The van der Waals surface area contributed by atoms with Gasteiger partial charge in [-0.25, -0.2) is 0 Å². The van der Waals surface area contributed by atoms with Crippen LogP contribution in [-0.4, -0.2) is 18.3 Å². The zero-order valence-electron chi connectivity index (χ0n) is 7.73. The molecule has 0 saturated carbocycles. The number of fused-ring (bicyclic) bond motifs is 1. The number of hydrogen-bond acceptors (Lipinski definition) is 2. The summed E-state index contributed by atoms with van der Waals surface area (Å²) in [6.45, 7) is 0.376. The number of benzene rings is 2. The number of ether oxygens (including phenoxy) is 1. The van der Waals surface area contributed by atoms with Crippen LogP contribution in [0.4, 0.5) is 0 Å². The van der Waals surface area contributed by atoms with Gasteiger partial charge < -0.3 is 9.84 Å². The monoisotopic (exact) mass is 187 g/mol. The van der Waals surface area contributed by atoms with Crippen molar-refractivity contribution in [3.63, 3.8) is 0 Å². The van der Waals surface area contributed by atoms with Gasteiger partial charge in [0.15, 0.2) is 0 Å². The van der Waals surface area contributed by atoms with E-state index in [1.54, 1.807) is 0 Å². The minimum absolute atomic E-state index is 0.0406. The Morgan fingerprint density at radius 2 is 2.14 bits per heavy atom. The van der Waals surface area contributed by atoms with Gasteiger partial charge in [0.25, 0.3) is 0 Å². The number of hydrogen-bond donors (Lipinski definition) is 1. The lowest BCUT2D eigenvalue weighted by Crippen LogP contribution is -2.01. The van der Waals surface area contributed by atoms with Gasteiger partial charge in [-0.3, -0.25) is 0 Å². The molecule has 2 heteroatoms. The fourth-order valence-electron chi connectivity index (χ4n) is 1.36. The Morgan fingerprint density at radius 1 is 1.21 bits per heavy atom. The Bertz CT molecular complexity index is 423. The van der Waals surface area contributed by atoms with Crippen molar-refractivity contribution in [2.75, 3.05) is 13.2 Å². The van der Waals surface area contributed by atoms with Crippen LogP contribution >= 0.6 is 0 Å². The predicted octanol–water partition coefficient (Wildman–Crippen LogP) is 2.01. The molecule has 1 radical (unpaired) electrons. The lowest BCUT2D eigenvalue weighted by molar-refractivity contribution is 0.201. The molecule has 0 aliphatic rings. The molecule has 0 atom stereocenters. The Labute approximate surface area is 82.8 Å². The highest BCUT2D eigenvalue weighted by Gasteiger charge is 1.95. The van der Waals surface area contributed by atoms with E-state index in [-0.39, 0.29) is 6.61 Å². The van der Waals surface area contributed by atoms with E-state index >= 15 is 0 Å². The molecular formula is C12H11O2. The third kappa shape index (κ3) is 1.86. The summed E-state index contributed by atoms with van der Waals surface area (Å²) in [5.41, 5.74) is 0. The molecule has 71 valence electrons. The highest BCUT2D eigenvalue weighted by molar-refractivity contribution is 5.83. The third-order valence-corrected chi connectivity index (χ3v) is 2.02. The van der Waals surface area contributed by atoms with Gasteiger partial charge in [-0.2, -0.15) is 0 Å². The van der Waals surface area contributed by atoms with Crippen LogP contribution in [-0.2, 0) is 0 Å². The SMILES string of the molecule is OCCOc1ccc2cc[c]cc2c1. The minimum Gasteiger partial charge on any atom is -0.491 e. The van der Waals surface area contributed by atoms with Crippen molar-refractivity contribution in [3.05, 3.63) is 42.5 Å². The summed E-state index contributed by atoms with van der Waals surface area (Å²) in [7, 11) is 0. The fourth-order valence-corrected chi connectivity index (χ4v) is 1.36. The normalized spacial score (nSPS) is 10.4. The molecule has 0 unspecified atom stereocenters. The summed E-state index contributed by atoms with van der Waals surface area (Å²) < 4.78 is 5.30. The average Bonchev–Trinajstić information content (AvgIpc) is 2.26. The van der Waals surface area contributed by atoms with Crippen molar-refractivity contribution in [3.8, 4) is 5.75 Å². The van der Waals surface area contributed by atoms with E-state index in [0.29, 0.717) is 6.61 Å². The molecule has 0 saturated heterocycles. The summed E-state index contributed by atoms with van der Waals surface area (Å²) >= 11 is 0. The molecule has 0 heterocycles. The van der Waals surface area contributed by atoms with E-state index in [2.05, 4.69) is 6.07 Å². The van der Waals surface area contributed by atoms with Gasteiger partial charge in [0.2, 0.25) is 0 Å². The second-order valence-electron chi connectivity index (χ2n) is 3.01. The van der Waals surface area contributed by atoms with Crippen molar-refractivity contribution in [1.29, 1.82) is 0 Å². The van der Waals surface area contributed by atoms with Gasteiger partial charge in [-0.05, 0) is 35.0 Å². The summed E-state index contributed by atoms with van der Waals surface area (Å²) in [6.07, 6.45) is 0. The van der Waals surface area contributed by atoms with Gasteiger partial charge in [-0.15, -0.1) is 0 Å². The quantitative estimate of drug-likeness (QED) is 0.796. The van der Waals surface area contributed by atoms with Crippen molar-refractivity contribution >= 4 is 10.8 Å². The fraction of sp³-hybridized carbons (Fsp3) is 0.167. The van der Waals surface area contributed by atoms with Crippen molar-refractivity contribution < 1.29 is 9.84 Å². The second kappa shape index (κ2) is 4.11. The first-order chi connectivity index (χ1) is 6.90. The molecular weight excluding hydrogens is 176 g/mol. The molecule has 2 nitrogen and oxygen atoms in total. The Hall–Kier alpha value is -1.54. The summed E-state index contributed by atoms with van der Waals surface area (Å²) in [5, 5.41) is 10.9.